The molecule has 156 valence electrons. The van der Waals surface area contributed by atoms with Crippen LogP contribution in [0.5, 0.6) is 5.75 Å². The van der Waals surface area contributed by atoms with Crippen LogP contribution in [0.2, 0.25) is 0 Å². The van der Waals surface area contributed by atoms with Crippen molar-refractivity contribution in [3.05, 3.63) is 64.2 Å². The van der Waals surface area contributed by atoms with E-state index in [4.69, 9.17) is 9.47 Å². The molecule has 0 aliphatic carbocycles. The Morgan fingerprint density at radius 1 is 0.966 bits per heavy atom. The highest BCUT2D eigenvalue weighted by atomic mass is 16.5. The Morgan fingerprint density at radius 2 is 1.69 bits per heavy atom. The Labute approximate surface area is 170 Å². The topological polar surface area (TPSA) is 99.4 Å². The number of aliphatic hydroxyl groups is 4. The fraction of sp³-hybridized carbons (Fsp3) is 0.478. The maximum absolute atomic E-state index is 10.5. The number of benzene rings is 2. The van der Waals surface area contributed by atoms with Crippen LogP contribution in [0.1, 0.15) is 40.8 Å². The lowest BCUT2D eigenvalue weighted by Crippen LogP contribution is -2.55. The molecule has 2 aromatic carbocycles. The van der Waals surface area contributed by atoms with Crippen LogP contribution in [0.25, 0.3) is 0 Å². The first-order valence-corrected chi connectivity index (χ1v) is 10.2. The van der Waals surface area contributed by atoms with Gasteiger partial charge in [-0.2, -0.15) is 0 Å². The minimum Gasteiger partial charge on any atom is -0.493 e. The van der Waals surface area contributed by atoms with E-state index >= 15 is 0 Å². The molecule has 4 N–H and O–H groups in total. The van der Waals surface area contributed by atoms with E-state index in [1.165, 1.54) is 5.56 Å². The second-order valence-corrected chi connectivity index (χ2v) is 7.86. The van der Waals surface area contributed by atoms with E-state index in [0.717, 1.165) is 35.3 Å². The number of aryl methyl sites for hydroxylation is 1. The summed E-state index contributed by atoms with van der Waals surface area (Å²) in [4.78, 5) is 0. The Morgan fingerprint density at radius 3 is 2.38 bits per heavy atom. The Bertz CT molecular complexity index is 847. The van der Waals surface area contributed by atoms with Crippen molar-refractivity contribution < 1.29 is 29.9 Å². The molecule has 1 saturated heterocycles. The third-order valence-electron chi connectivity index (χ3n) is 5.93. The second-order valence-electron chi connectivity index (χ2n) is 7.86. The Hall–Kier alpha value is -1.96. The largest absolute Gasteiger partial charge is 0.493 e. The zero-order chi connectivity index (χ0) is 20.5. The molecule has 5 unspecified atom stereocenters. The summed E-state index contributed by atoms with van der Waals surface area (Å²) in [6.45, 7) is 2.29. The fourth-order valence-electron chi connectivity index (χ4n) is 4.20. The average molecular weight is 400 g/mol. The molecule has 0 spiro atoms. The first-order valence-electron chi connectivity index (χ1n) is 10.2. The lowest BCUT2D eigenvalue weighted by molar-refractivity contribution is -0.231. The number of hydrogen-bond acceptors (Lipinski definition) is 6. The third-order valence-corrected chi connectivity index (χ3v) is 5.93. The van der Waals surface area contributed by atoms with Crippen LogP contribution in [-0.2, 0) is 24.0 Å². The van der Waals surface area contributed by atoms with Gasteiger partial charge in [0.05, 0.1) is 13.2 Å². The molecule has 0 amide bonds. The van der Waals surface area contributed by atoms with Crippen LogP contribution < -0.4 is 4.74 Å². The van der Waals surface area contributed by atoms with E-state index < -0.39 is 37.1 Å². The van der Waals surface area contributed by atoms with Gasteiger partial charge in [0, 0.05) is 12.8 Å². The summed E-state index contributed by atoms with van der Waals surface area (Å²) < 4.78 is 11.6. The van der Waals surface area contributed by atoms with Gasteiger partial charge >= 0.3 is 0 Å². The average Bonchev–Trinajstić information content (AvgIpc) is 3.22. The minimum absolute atomic E-state index is 0.438. The zero-order valence-electron chi connectivity index (χ0n) is 16.5. The lowest BCUT2D eigenvalue weighted by Gasteiger charge is -2.40. The smallest absolute Gasteiger partial charge is 0.126 e. The van der Waals surface area contributed by atoms with E-state index in [2.05, 4.69) is 31.2 Å². The number of aliphatic hydroxyl groups excluding tert-OH is 4. The van der Waals surface area contributed by atoms with E-state index in [-0.39, 0.29) is 0 Å². The standard InChI is InChI=1S/C23H28O6/c1-2-13-3-5-14(6-4-13)9-16-11-17(10-15-7-8-28-22(15)16)23-21(27)20(26)19(25)18(12-24)29-23/h3-6,10-11,18-21,23-27H,2,7-9,12H2,1H3. The van der Waals surface area contributed by atoms with E-state index in [1.54, 1.807) is 0 Å². The number of rotatable bonds is 5. The fourth-order valence-corrected chi connectivity index (χ4v) is 4.20. The van der Waals surface area contributed by atoms with E-state index in [0.29, 0.717) is 18.6 Å². The van der Waals surface area contributed by atoms with Crippen molar-refractivity contribution in [2.45, 2.75) is 56.7 Å². The molecule has 0 aromatic heterocycles. The Balaban J connectivity index is 1.67. The second kappa shape index (κ2) is 8.42. The summed E-state index contributed by atoms with van der Waals surface area (Å²) >= 11 is 0. The van der Waals surface area contributed by atoms with Crippen molar-refractivity contribution in [3.63, 3.8) is 0 Å². The Kier molecular flexibility index (Phi) is 5.90. The summed E-state index contributed by atoms with van der Waals surface area (Å²) in [7, 11) is 0. The van der Waals surface area contributed by atoms with Gasteiger partial charge in [-0.1, -0.05) is 31.2 Å². The predicted octanol–water partition coefficient (Wildman–Crippen LogP) is 1.29. The molecule has 2 aromatic rings. The van der Waals surface area contributed by atoms with Crippen LogP contribution in [0.3, 0.4) is 0 Å². The molecule has 0 radical (unpaired) electrons. The first-order chi connectivity index (χ1) is 14.0. The molecule has 1 fully saturated rings. The van der Waals surface area contributed by atoms with Gasteiger partial charge in [0.15, 0.2) is 0 Å². The molecule has 29 heavy (non-hydrogen) atoms. The molecule has 0 saturated carbocycles. The minimum atomic E-state index is -1.39. The molecule has 0 bridgehead atoms. The summed E-state index contributed by atoms with van der Waals surface area (Å²) in [5.74, 6) is 0.873. The quantitative estimate of drug-likeness (QED) is 0.604. The van der Waals surface area contributed by atoms with Gasteiger partial charge in [-0.05, 0) is 46.4 Å². The van der Waals surface area contributed by atoms with Crippen LogP contribution in [0.4, 0.5) is 0 Å². The van der Waals surface area contributed by atoms with Gasteiger partial charge in [-0.15, -0.1) is 0 Å². The molecule has 6 nitrogen and oxygen atoms in total. The molecule has 2 heterocycles. The van der Waals surface area contributed by atoms with Crippen LogP contribution in [-0.4, -0.2) is 58.1 Å². The van der Waals surface area contributed by atoms with E-state index in [9.17, 15) is 20.4 Å². The summed E-state index contributed by atoms with van der Waals surface area (Å²) in [6.07, 6.45) is -3.36. The summed E-state index contributed by atoms with van der Waals surface area (Å²) in [5, 5.41) is 40.2. The highest BCUT2D eigenvalue weighted by Crippen LogP contribution is 2.38. The number of ether oxygens (including phenoxy) is 2. The van der Waals surface area contributed by atoms with Crippen molar-refractivity contribution in [2.24, 2.45) is 0 Å². The molecule has 2 aliphatic heterocycles. The summed E-state index contributed by atoms with van der Waals surface area (Å²) in [5.41, 5.74) is 5.19. The molecular formula is C23H28O6. The first kappa shape index (κ1) is 20.3. The zero-order valence-corrected chi connectivity index (χ0v) is 16.5. The van der Waals surface area contributed by atoms with E-state index in [1.807, 2.05) is 12.1 Å². The van der Waals surface area contributed by atoms with Crippen LogP contribution in [0.15, 0.2) is 36.4 Å². The van der Waals surface area contributed by atoms with Crippen molar-refractivity contribution in [2.75, 3.05) is 13.2 Å². The highest BCUT2D eigenvalue weighted by Gasteiger charge is 2.44. The molecule has 6 heteroatoms. The molecule has 5 atom stereocenters. The van der Waals surface area contributed by atoms with Crippen molar-refractivity contribution in [3.8, 4) is 5.75 Å². The molecular weight excluding hydrogens is 372 g/mol. The van der Waals surface area contributed by atoms with Gasteiger partial charge in [0.2, 0.25) is 0 Å². The van der Waals surface area contributed by atoms with Crippen molar-refractivity contribution in [1.82, 2.24) is 0 Å². The van der Waals surface area contributed by atoms with Gasteiger partial charge in [0.25, 0.3) is 0 Å². The van der Waals surface area contributed by atoms with Crippen molar-refractivity contribution >= 4 is 0 Å². The van der Waals surface area contributed by atoms with Crippen LogP contribution >= 0.6 is 0 Å². The van der Waals surface area contributed by atoms with Gasteiger partial charge in [-0.25, -0.2) is 0 Å². The number of hydrogen-bond donors (Lipinski definition) is 4. The highest BCUT2D eigenvalue weighted by molar-refractivity contribution is 5.49. The predicted molar refractivity (Wildman–Crippen MR) is 107 cm³/mol. The monoisotopic (exact) mass is 400 g/mol. The van der Waals surface area contributed by atoms with Gasteiger partial charge in [-0.3, -0.25) is 0 Å². The molecule has 4 rings (SSSR count). The lowest BCUT2D eigenvalue weighted by atomic mass is 9.88. The summed E-state index contributed by atoms with van der Waals surface area (Å²) in [6, 6.07) is 12.3. The van der Waals surface area contributed by atoms with Gasteiger partial charge < -0.3 is 29.9 Å². The molecule has 2 aliphatic rings. The number of fused-ring (bicyclic) bond motifs is 1. The maximum Gasteiger partial charge on any atom is 0.126 e. The third kappa shape index (κ3) is 3.91. The maximum atomic E-state index is 10.5. The normalized spacial score (nSPS) is 28.8. The van der Waals surface area contributed by atoms with Crippen LogP contribution in [0, 0.1) is 0 Å². The SMILES string of the molecule is CCc1ccc(Cc2cc(C3OC(CO)C(O)C(O)C3O)cc3c2OCC3)cc1. The van der Waals surface area contributed by atoms with Gasteiger partial charge in [0.1, 0.15) is 36.3 Å². The van der Waals surface area contributed by atoms with Crippen molar-refractivity contribution in [1.29, 1.82) is 0 Å².